The van der Waals surface area contributed by atoms with E-state index in [9.17, 15) is 18.0 Å². The maximum atomic E-state index is 11.9. The molecule has 128 valence electrons. The van der Waals surface area contributed by atoms with E-state index in [0.29, 0.717) is 5.56 Å². The standard InChI is InChI=1S/C13H18N2O7S/c1-9(21-2)11(15-23(18,19)20)12(16)14-13(17)22-8-10-6-4-3-5-7-10/h3-7,9,11,15H,8H2,1-2H3,(H,14,16,17)(H,18,19,20)/t9-,11+/m1/s1. The Morgan fingerprint density at radius 3 is 2.39 bits per heavy atom. The number of hydrogen-bond acceptors (Lipinski definition) is 6. The monoisotopic (exact) mass is 346 g/mol. The van der Waals surface area contributed by atoms with Crippen LogP contribution in [0.1, 0.15) is 12.5 Å². The largest absolute Gasteiger partial charge is 0.444 e. The molecule has 0 fully saturated rings. The maximum absolute atomic E-state index is 11.9. The minimum absolute atomic E-state index is 0.0593. The van der Waals surface area contributed by atoms with Gasteiger partial charge in [0.2, 0.25) is 5.91 Å². The Morgan fingerprint density at radius 2 is 1.87 bits per heavy atom. The smallest absolute Gasteiger partial charge is 0.414 e. The fourth-order valence-electron chi connectivity index (χ4n) is 1.60. The van der Waals surface area contributed by atoms with Gasteiger partial charge in [0.1, 0.15) is 12.6 Å². The predicted octanol–water partition coefficient (Wildman–Crippen LogP) is 0.235. The second-order valence-electron chi connectivity index (χ2n) is 4.56. The molecule has 23 heavy (non-hydrogen) atoms. The van der Waals surface area contributed by atoms with Crippen molar-refractivity contribution in [3.05, 3.63) is 35.9 Å². The van der Waals surface area contributed by atoms with Gasteiger partial charge < -0.3 is 9.47 Å². The third kappa shape index (κ3) is 7.19. The van der Waals surface area contributed by atoms with Crippen LogP contribution in [-0.2, 0) is 31.2 Å². The molecule has 0 radical (unpaired) electrons. The Kier molecular flexibility index (Phi) is 7.10. The van der Waals surface area contributed by atoms with Crippen molar-refractivity contribution in [1.29, 1.82) is 0 Å². The molecule has 0 spiro atoms. The molecule has 0 saturated carbocycles. The van der Waals surface area contributed by atoms with Crippen LogP contribution < -0.4 is 10.0 Å². The van der Waals surface area contributed by atoms with Crippen LogP contribution in [0.3, 0.4) is 0 Å². The van der Waals surface area contributed by atoms with E-state index in [2.05, 4.69) is 0 Å². The summed E-state index contributed by atoms with van der Waals surface area (Å²) < 4.78 is 41.8. The van der Waals surface area contributed by atoms with Gasteiger partial charge in [-0.2, -0.15) is 13.1 Å². The number of imide groups is 1. The number of methoxy groups -OCH3 is 1. The summed E-state index contributed by atoms with van der Waals surface area (Å²) in [5.74, 6) is -1.02. The van der Waals surface area contributed by atoms with E-state index in [4.69, 9.17) is 14.0 Å². The molecule has 0 aliphatic heterocycles. The fraction of sp³-hybridized carbons (Fsp3) is 0.385. The molecule has 9 nitrogen and oxygen atoms in total. The number of carbonyl (C=O) groups excluding carboxylic acids is 2. The third-order valence-electron chi connectivity index (χ3n) is 2.84. The summed E-state index contributed by atoms with van der Waals surface area (Å²) in [6.45, 7) is 1.33. The summed E-state index contributed by atoms with van der Waals surface area (Å²) in [6.07, 6.45) is -1.98. The van der Waals surface area contributed by atoms with E-state index in [0.717, 1.165) is 0 Å². The van der Waals surface area contributed by atoms with Crippen LogP contribution in [-0.4, -0.2) is 44.2 Å². The summed E-state index contributed by atoms with van der Waals surface area (Å²) in [5.41, 5.74) is 0.716. The van der Waals surface area contributed by atoms with Crippen LogP contribution in [0.15, 0.2) is 30.3 Å². The van der Waals surface area contributed by atoms with Crippen molar-refractivity contribution in [3.8, 4) is 0 Å². The highest BCUT2D eigenvalue weighted by Gasteiger charge is 2.30. The zero-order chi connectivity index (χ0) is 17.5. The van der Waals surface area contributed by atoms with Crippen LogP contribution in [0.25, 0.3) is 0 Å². The molecule has 0 unspecified atom stereocenters. The predicted molar refractivity (Wildman–Crippen MR) is 79.7 cm³/mol. The van der Waals surface area contributed by atoms with Crippen LogP contribution in [0.5, 0.6) is 0 Å². The van der Waals surface area contributed by atoms with E-state index in [1.165, 1.54) is 14.0 Å². The van der Waals surface area contributed by atoms with Crippen molar-refractivity contribution in [2.75, 3.05) is 7.11 Å². The molecule has 0 aliphatic rings. The van der Waals surface area contributed by atoms with Gasteiger partial charge in [-0.1, -0.05) is 30.3 Å². The first kappa shape index (κ1) is 19.0. The lowest BCUT2D eigenvalue weighted by atomic mass is 10.2. The number of carbonyl (C=O) groups is 2. The van der Waals surface area contributed by atoms with Crippen molar-refractivity contribution >= 4 is 22.3 Å². The van der Waals surface area contributed by atoms with Gasteiger partial charge in [0.25, 0.3) is 0 Å². The first-order chi connectivity index (χ1) is 10.7. The number of nitrogens with one attached hydrogen (secondary N) is 2. The molecule has 1 aromatic carbocycles. The maximum Gasteiger partial charge on any atom is 0.414 e. The Morgan fingerprint density at radius 1 is 1.26 bits per heavy atom. The van der Waals surface area contributed by atoms with Gasteiger partial charge in [-0.05, 0) is 12.5 Å². The van der Waals surface area contributed by atoms with Gasteiger partial charge in [0.05, 0.1) is 6.10 Å². The van der Waals surface area contributed by atoms with Gasteiger partial charge in [-0.15, -0.1) is 0 Å². The van der Waals surface area contributed by atoms with E-state index >= 15 is 0 Å². The normalized spacial score (nSPS) is 13.9. The van der Waals surface area contributed by atoms with Crippen LogP contribution in [0.4, 0.5) is 4.79 Å². The molecular formula is C13H18N2O7S. The van der Waals surface area contributed by atoms with Crippen LogP contribution in [0, 0.1) is 0 Å². The van der Waals surface area contributed by atoms with E-state index in [1.807, 2.05) is 5.32 Å². The van der Waals surface area contributed by atoms with Crippen LogP contribution in [0.2, 0.25) is 0 Å². The minimum atomic E-state index is -4.66. The summed E-state index contributed by atoms with van der Waals surface area (Å²) in [5, 5.41) is 1.87. The molecular weight excluding hydrogens is 328 g/mol. The molecule has 2 atom stereocenters. The van der Waals surface area contributed by atoms with Crippen molar-refractivity contribution in [3.63, 3.8) is 0 Å². The Balaban J connectivity index is 2.61. The zero-order valence-electron chi connectivity index (χ0n) is 12.6. The Bertz CT molecular complexity index is 633. The van der Waals surface area contributed by atoms with Gasteiger partial charge in [0, 0.05) is 7.11 Å². The molecule has 1 rings (SSSR count). The fourth-order valence-corrected chi connectivity index (χ4v) is 2.22. The van der Waals surface area contributed by atoms with Crippen molar-refractivity contribution in [2.45, 2.75) is 25.7 Å². The summed E-state index contributed by atoms with van der Waals surface area (Å²) in [4.78, 5) is 23.5. The second-order valence-corrected chi connectivity index (χ2v) is 5.75. The Hall–Kier alpha value is -2.01. The average molecular weight is 346 g/mol. The number of rotatable bonds is 7. The van der Waals surface area contributed by atoms with Crippen molar-refractivity contribution in [1.82, 2.24) is 10.0 Å². The molecule has 2 amide bonds. The molecule has 0 bridgehead atoms. The second kappa shape index (κ2) is 8.58. The number of benzene rings is 1. The number of ether oxygens (including phenoxy) is 2. The van der Waals surface area contributed by atoms with E-state index in [1.54, 1.807) is 35.1 Å². The lowest BCUT2D eigenvalue weighted by Gasteiger charge is -2.21. The molecule has 0 saturated heterocycles. The van der Waals surface area contributed by atoms with Crippen molar-refractivity contribution in [2.24, 2.45) is 0 Å². The Labute approximate surface area is 133 Å². The molecule has 0 aliphatic carbocycles. The van der Waals surface area contributed by atoms with Gasteiger partial charge in [0.15, 0.2) is 0 Å². The quantitative estimate of drug-likeness (QED) is 0.602. The lowest BCUT2D eigenvalue weighted by molar-refractivity contribution is -0.125. The van der Waals surface area contributed by atoms with Gasteiger partial charge in [-0.3, -0.25) is 14.7 Å². The molecule has 0 heterocycles. The summed E-state index contributed by atoms with van der Waals surface area (Å²) in [6, 6.07) is 7.27. The summed E-state index contributed by atoms with van der Waals surface area (Å²) >= 11 is 0. The zero-order valence-corrected chi connectivity index (χ0v) is 13.4. The van der Waals surface area contributed by atoms with Gasteiger partial charge >= 0.3 is 16.4 Å². The summed E-state index contributed by atoms with van der Waals surface area (Å²) in [7, 11) is -3.42. The van der Waals surface area contributed by atoms with E-state index in [-0.39, 0.29) is 6.61 Å². The number of amides is 2. The highest BCUT2D eigenvalue weighted by Crippen LogP contribution is 2.02. The average Bonchev–Trinajstić information content (AvgIpc) is 2.50. The number of alkyl carbamates (subject to hydrolysis) is 1. The van der Waals surface area contributed by atoms with Crippen molar-refractivity contribution < 1.29 is 32.0 Å². The lowest BCUT2D eigenvalue weighted by Crippen LogP contribution is -2.53. The first-order valence-corrected chi connectivity index (χ1v) is 7.96. The molecule has 10 heteroatoms. The van der Waals surface area contributed by atoms with Gasteiger partial charge in [-0.25, -0.2) is 4.79 Å². The molecule has 0 aromatic heterocycles. The molecule has 1 aromatic rings. The first-order valence-electron chi connectivity index (χ1n) is 6.52. The highest BCUT2D eigenvalue weighted by atomic mass is 32.2. The SMILES string of the molecule is CO[C@H](C)[C@H](NS(=O)(=O)O)C(=O)NC(=O)OCc1ccccc1. The minimum Gasteiger partial charge on any atom is -0.444 e. The van der Waals surface area contributed by atoms with E-state index < -0.39 is 34.5 Å². The molecule has 3 N–H and O–H groups in total. The number of hydrogen-bond donors (Lipinski definition) is 3. The highest BCUT2D eigenvalue weighted by molar-refractivity contribution is 7.83. The van der Waals surface area contributed by atoms with Crippen LogP contribution >= 0.6 is 0 Å². The topological polar surface area (TPSA) is 131 Å². The third-order valence-corrected chi connectivity index (χ3v) is 3.39.